The Morgan fingerprint density at radius 2 is 1.79 bits per heavy atom. The van der Waals surface area contributed by atoms with E-state index in [9.17, 15) is 9.59 Å². The average molecular weight is 387 g/mol. The summed E-state index contributed by atoms with van der Waals surface area (Å²) in [4.78, 5) is 29.2. The minimum atomic E-state index is -0.0784. The number of hydrogen-bond donors (Lipinski definition) is 0. The lowest BCUT2D eigenvalue weighted by molar-refractivity contribution is -0.144. The van der Waals surface area contributed by atoms with Crippen molar-refractivity contribution in [2.24, 2.45) is 5.92 Å². The van der Waals surface area contributed by atoms with Crippen molar-refractivity contribution in [2.45, 2.75) is 64.3 Å². The Labute approximate surface area is 169 Å². The second-order valence-corrected chi connectivity index (χ2v) is 8.35. The van der Waals surface area contributed by atoms with Crippen LogP contribution in [0.15, 0.2) is 24.3 Å². The van der Waals surface area contributed by atoms with Crippen molar-refractivity contribution in [2.75, 3.05) is 26.7 Å². The fourth-order valence-electron chi connectivity index (χ4n) is 4.35. The standard InChI is InChI=1S/C23H34N2O3/c1-18-9-12-21(13-10-18)28-16-15-24(2)23(27)19-11-14-22(26)25(17-19)20-7-5-3-4-6-8-20/h9-10,12-13,19-20H,3-8,11,14-17H2,1-2H3/t19-/m0/s1. The normalized spacial score (nSPS) is 21.3. The minimum Gasteiger partial charge on any atom is -0.492 e. The van der Waals surface area contributed by atoms with Crippen LogP contribution in [0.25, 0.3) is 0 Å². The lowest BCUT2D eigenvalue weighted by Crippen LogP contribution is -2.50. The lowest BCUT2D eigenvalue weighted by atomic mass is 9.93. The molecule has 2 amide bonds. The van der Waals surface area contributed by atoms with E-state index in [4.69, 9.17) is 4.74 Å². The number of carbonyl (C=O) groups is 2. The van der Waals surface area contributed by atoms with E-state index >= 15 is 0 Å². The summed E-state index contributed by atoms with van der Waals surface area (Å²) in [5, 5.41) is 0. The van der Waals surface area contributed by atoms with Crippen molar-refractivity contribution in [1.29, 1.82) is 0 Å². The van der Waals surface area contributed by atoms with Gasteiger partial charge in [-0.3, -0.25) is 9.59 Å². The van der Waals surface area contributed by atoms with Crippen molar-refractivity contribution in [1.82, 2.24) is 9.80 Å². The number of hydrogen-bond acceptors (Lipinski definition) is 3. The van der Waals surface area contributed by atoms with Crippen molar-refractivity contribution < 1.29 is 14.3 Å². The number of likely N-dealkylation sites (tertiary alicyclic amines) is 1. The molecule has 1 atom stereocenters. The Bertz CT molecular complexity index is 650. The second-order valence-electron chi connectivity index (χ2n) is 8.35. The first-order valence-electron chi connectivity index (χ1n) is 10.8. The predicted octanol–water partition coefficient (Wildman–Crippen LogP) is 3.79. The predicted molar refractivity (Wildman–Crippen MR) is 110 cm³/mol. The van der Waals surface area contributed by atoms with Gasteiger partial charge in [-0.25, -0.2) is 0 Å². The van der Waals surface area contributed by atoms with Gasteiger partial charge in [-0.2, -0.15) is 0 Å². The molecule has 2 fully saturated rings. The molecule has 0 unspecified atom stereocenters. The summed E-state index contributed by atoms with van der Waals surface area (Å²) in [6.07, 6.45) is 8.28. The number of benzene rings is 1. The molecule has 1 heterocycles. The molecule has 0 spiro atoms. The van der Waals surface area contributed by atoms with E-state index < -0.39 is 0 Å². The number of carbonyl (C=O) groups excluding carboxylic acids is 2. The van der Waals surface area contributed by atoms with Crippen LogP contribution >= 0.6 is 0 Å². The van der Waals surface area contributed by atoms with Gasteiger partial charge in [-0.15, -0.1) is 0 Å². The summed E-state index contributed by atoms with van der Waals surface area (Å²) in [6, 6.07) is 8.28. The first-order valence-corrected chi connectivity index (χ1v) is 10.8. The zero-order chi connectivity index (χ0) is 19.9. The fraction of sp³-hybridized carbons (Fsp3) is 0.652. The molecule has 1 saturated carbocycles. The van der Waals surface area contributed by atoms with Gasteiger partial charge in [0.15, 0.2) is 0 Å². The van der Waals surface area contributed by atoms with Crippen LogP contribution < -0.4 is 4.74 Å². The molecule has 1 aliphatic carbocycles. The largest absolute Gasteiger partial charge is 0.492 e. The molecule has 28 heavy (non-hydrogen) atoms. The Balaban J connectivity index is 1.49. The maximum Gasteiger partial charge on any atom is 0.227 e. The number of likely N-dealkylation sites (N-methyl/N-ethyl adjacent to an activating group) is 1. The van der Waals surface area contributed by atoms with Crippen LogP contribution in [0, 0.1) is 12.8 Å². The highest BCUT2D eigenvalue weighted by molar-refractivity contribution is 5.84. The first kappa shape index (κ1) is 20.7. The SMILES string of the molecule is Cc1ccc(OCCN(C)C(=O)[C@H]2CCC(=O)N(C3CCCCCC3)C2)cc1. The Hall–Kier alpha value is -2.04. The molecule has 154 valence electrons. The van der Waals surface area contributed by atoms with Gasteiger partial charge in [0.2, 0.25) is 11.8 Å². The van der Waals surface area contributed by atoms with Crippen LogP contribution in [0.3, 0.4) is 0 Å². The number of piperidine rings is 1. The molecule has 1 aromatic carbocycles. The topological polar surface area (TPSA) is 49.9 Å². The number of ether oxygens (including phenoxy) is 1. The summed E-state index contributed by atoms with van der Waals surface area (Å²) < 4.78 is 5.76. The van der Waals surface area contributed by atoms with Crippen LogP contribution in [0.4, 0.5) is 0 Å². The smallest absolute Gasteiger partial charge is 0.227 e. The molecule has 3 rings (SSSR count). The van der Waals surface area contributed by atoms with Gasteiger partial charge in [0.05, 0.1) is 12.5 Å². The van der Waals surface area contributed by atoms with Gasteiger partial charge in [0.1, 0.15) is 12.4 Å². The van der Waals surface area contributed by atoms with Crippen molar-refractivity contribution in [3.63, 3.8) is 0 Å². The molecule has 2 aliphatic rings. The molecule has 5 heteroatoms. The Morgan fingerprint density at radius 3 is 2.46 bits per heavy atom. The molecule has 0 bridgehead atoms. The fourth-order valence-corrected chi connectivity index (χ4v) is 4.35. The Kier molecular flexibility index (Phi) is 7.35. The lowest BCUT2D eigenvalue weighted by Gasteiger charge is -2.38. The third kappa shape index (κ3) is 5.49. The highest BCUT2D eigenvalue weighted by Gasteiger charge is 2.35. The highest BCUT2D eigenvalue weighted by Crippen LogP contribution is 2.28. The van der Waals surface area contributed by atoms with E-state index in [1.54, 1.807) is 4.90 Å². The number of aryl methyl sites for hydroxylation is 1. The maximum atomic E-state index is 12.9. The molecule has 5 nitrogen and oxygen atoms in total. The summed E-state index contributed by atoms with van der Waals surface area (Å²) in [5.74, 6) is 1.12. The van der Waals surface area contributed by atoms with Gasteiger partial charge in [0, 0.05) is 26.1 Å². The van der Waals surface area contributed by atoms with Crippen LogP contribution in [-0.4, -0.2) is 54.4 Å². The second kappa shape index (κ2) is 9.94. The summed E-state index contributed by atoms with van der Waals surface area (Å²) in [7, 11) is 1.84. The van der Waals surface area contributed by atoms with E-state index in [1.165, 1.54) is 31.2 Å². The summed E-state index contributed by atoms with van der Waals surface area (Å²) >= 11 is 0. The van der Waals surface area contributed by atoms with Crippen LogP contribution in [0.5, 0.6) is 5.75 Å². The third-order valence-corrected chi connectivity index (χ3v) is 6.15. The van der Waals surface area contributed by atoms with E-state index in [-0.39, 0.29) is 17.7 Å². The number of nitrogens with zero attached hydrogens (tertiary/aromatic N) is 2. The van der Waals surface area contributed by atoms with Gasteiger partial charge in [-0.05, 0) is 38.3 Å². The van der Waals surface area contributed by atoms with Gasteiger partial charge in [-0.1, -0.05) is 43.4 Å². The van der Waals surface area contributed by atoms with Gasteiger partial charge >= 0.3 is 0 Å². The van der Waals surface area contributed by atoms with E-state index in [0.717, 1.165) is 18.6 Å². The quantitative estimate of drug-likeness (QED) is 0.699. The molecule has 1 aliphatic heterocycles. The zero-order valence-corrected chi connectivity index (χ0v) is 17.4. The summed E-state index contributed by atoms with van der Waals surface area (Å²) in [6.45, 7) is 3.67. The minimum absolute atomic E-state index is 0.0784. The number of rotatable bonds is 6. The van der Waals surface area contributed by atoms with Crippen LogP contribution in [0.1, 0.15) is 56.9 Å². The van der Waals surface area contributed by atoms with Crippen molar-refractivity contribution in [3.05, 3.63) is 29.8 Å². The first-order chi connectivity index (χ1) is 13.5. The molecule has 0 aromatic heterocycles. The van der Waals surface area contributed by atoms with Gasteiger partial charge < -0.3 is 14.5 Å². The Morgan fingerprint density at radius 1 is 1.11 bits per heavy atom. The summed E-state index contributed by atoms with van der Waals surface area (Å²) in [5.41, 5.74) is 1.20. The van der Waals surface area contributed by atoms with Crippen LogP contribution in [0.2, 0.25) is 0 Å². The molecule has 0 N–H and O–H groups in total. The van der Waals surface area contributed by atoms with Gasteiger partial charge in [0.25, 0.3) is 0 Å². The maximum absolute atomic E-state index is 12.9. The zero-order valence-electron chi connectivity index (χ0n) is 17.4. The molecule has 0 radical (unpaired) electrons. The van der Waals surface area contributed by atoms with Crippen molar-refractivity contribution in [3.8, 4) is 5.75 Å². The van der Waals surface area contributed by atoms with E-state index in [0.29, 0.717) is 38.6 Å². The molecule has 1 aromatic rings. The van der Waals surface area contributed by atoms with Crippen LogP contribution in [-0.2, 0) is 9.59 Å². The number of amides is 2. The van der Waals surface area contributed by atoms with E-state index in [2.05, 4.69) is 0 Å². The highest BCUT2D eigenvalue weighted by atomic mass is 16.5. The average Bonchev–Trinajstić information content (AvgIpc) is 2.98. The third-order valence-electron chi connectivity index (χ3n) is 6.15. The monoisotopic (exact) mass is 386 g/mol. The molecular weight excluding hydrogens is 352 g/mol. The molecule has 1 saturated heterocycles. The molecular formula is C23H34N2O3. The van der Waals surface area contributed by atoms with E-state index in [1.807, 2.05) is 43.1 Å². The van der Waals surface area contributed by atoms with Crippen molar-refractivity contribution >= 4 is 11.8 Å².